The highest BCUT2D eigenvalue weighted by atomic mass is 79.9. The summed E-state index contributed by atoms with van der Waals surface area (Å²) in [7, 11) is 0. The van der Waals surface area contributed by atoms with Crippen molar-refractivity contribution in [3.8, 4) is 0 Å². The van der Waals surface area contributed by atoms with E-state index in [-0.39, 0.29) is 18.2 Å². The minimum Gasteiger partial charge on any atom is -0.352 e. The summed E-state index contributed by atoms with van der Waals surface area (Å²) in [4.78, 5) is 23.7. The summed E-state index contributed by atoms with van der Waals surface area (Å²) in [6.07, 6.45) is 1.77. The van der Waals surface area contributed by atoms with Crippen LogP contribution in [0.15, 0.2) is 65.1 Å². The molecule has 0 fully saturated rings. The molecule has 2 N–H and O–H groups in total. The Balaban J connectivity index is 1.76. The minimum atomic E-state index is -0.201. The molecule has 4 nitrogen and oxygen atoms in total. The number of amides is 2. The van der Waals surface area contributed by atoms with Crippen LogP contribution in [0.25, 0.3) is 5.57 Å². The molecule has 0 bridgehead atoms. The number of carbonyl (C=O) groups is 2. The van der Waals surface area contributed by atoms with Crippen LogP contribution in [0.5, 0.6) is 0 Å². The van der Waals surface area contributed by atoms with E-state index < -0.39 is 0 Å². The molecule has 0 aliphatic rings. The van der Waals surface area contributed by atoms with Gasteiger partial charge in [-0.05, 0) is 42.3 Å². The number of halogens is 1. The van der Waals surface area contributed by atoms with Crippen molar-refractivity contribution in [2.24, 2.45) is 0 Å². The Kier molecular flexibility index (Phi) is 6.75. The van der Waals surface area contributed by atoms with Gasteiger partial charge >= 0.3 is 0 Å². The molecule has 0 spiro atoms. The van der Waals surface area contributed by atoms with Gasteiger partial charge in [0.2, 0.25) is 11.8 Å². The maximum atomic E-state index is 11.9. The molecule has 0 aromatic heterocycles. The monoisotopic (exact) mass is 386 g/mol. The van der Waals surface area contributed by atoms with E-state index in [2.05, 4.69) is 26.6 Å². The Hall–Kier alpha value is -2.40. The number of hydrogen-bond donors (Lipinski definition) is 2. The Labute approximate surface area is 150 Å². The van der Waals surface area contributed by atoms with Crippen LogP contribution in [0.4, 0.5) is 5.69 Å². The average Bonchev–Trinajstić information content (AvgIpc) is 2.57. The summed E-state index contributed by atoms with van der Waals surface area (Å²) >= 11 is 3.34. The Bertz CT molecular complexity index is 725. The molecule has 0 atom stereocenters. The molecule has 124 valence electrons. The van der Waals surface area contributed by atoms with Crippen LogP contribution < -0.4 is 10.6 Å². The molecular weight excluding hydrogens is 368 g/mol. The van der Waals surface area contributed by atoms with E-state index in [4.69, 9.17) is 0 Å². The van der Waals surface area contributed by atoms with Crippen LogP contribution >= 0.6 is 15.9 Å². The van der Waals surface area contributed by atoms with E-state index in [1.165, 1.54) is 0 Å². The Morgan fingerprint density at radius 1 is 1.04 bits per heavy atom. The number of hydrogen-bond acceptors (Lipinski definition) is 2. The van der Waals surface area contributed by atoms with Crippen LogP contribution in [0, 0.1) is 0 Å². The zero-order valence-electron chi connectivity index (χ0n) is 13.4. The Morgan fingerprint density at radius 2 is 1.71 bits per heavy atom. The standard InChI is InChI=1S/C19H19BrN2O2/c1-14(15-5-3-2-4-6-15)13-19(24)21-12-11-18(23)22-17-9-7-16(20)8-10-17/h2-10,13H,11-12H2,1H3,(H,21,24)(H,22,23)/b14-13+. The third-order valence-corrected chi connectivity index (χ3v) is 3.88. The minimum absolute atomic E-state index is 0.138. The third-order valence-electron chi connectivity index (χ3n) is 3.36. The molecule has 0 saturated heterocycles. The normalized spacial score (nSPS) is 11.0. The van der Waals surface area contributed by atoms with Crippen LogP contribution in [-0.2, 0) is 9.59 Å². The third kappa shape index (κ3) is 6.01. The van der Waals surface area contributed by atoms with E-state index in [0.29, 0.717) is 6.54 Å². The zero-order chi connectivity index (χ0) is 17.4. The van der Waals surface area contributed by atoms with Crippen molar-refractivity contribution in [3.05, 3.63) is 70.7 Å². The molecule has 0 saturated carbocycles. The maximum Gasteiger partial charge on any atom is 0.244 e. The Morgan fingerprint density at radius 3 is 2.38 bits per heavy atom. The van der Waals surface area contributed by atoms with Gasteiger partial charge in [-0.2, -0.15) is 0 Å². The van der Waals surface area contributed by atoms with Crippen LogP contribution in [0.2, 0.25) is 0 Å². The quantitative estimate of drug-likeness (QED) is 0.737. The smallest absolute Gasteiger partial charge is 0.244 e. The van der Waals surface area contributed by atoms with Crippen molar-refractivity contribution in [2.45, 2.75) is 13.3 Å². The first kappa shape index (κ1) is 17.9. The summed E-state index contributed by atoms with van der Waals surface area (Å²) in [6, 6.07) is 17.0. The number of anilines is 1. The van der Waals surface area contributed by atoms with Crippen LogP contribution in [0.1, 0.15) is 18.9 Å². The van der Waals surface area contributed by atoms with Gasteiger partial charge in [0.15, 0.2) is 0 Å². The van der Waals surface area contributed by atoms with Gasteiger partial charge in [0.1, 0.15) is 0 Å². The molecule has 0 aliphatic heterocycles. The summed E-state index contributed by atoms with van der Waals surface area (Å²) in [5.41, 5.74) is 2.61. The van der Waals surface area contributed by atoms with Crippen LogP contribution in [0.3, 0.4) is 0 Å². The molecule has 5 heteroatoms. The second-order valence-electron chi connectivity index (χ2n) is 5.29. The van der Waals surface area contributed by atoms with Crippen molar-refractivity contribution in [1.29, 1.82) is 0 Å². The number of allylic oxidation sites excluding steroid dienone is 1. The average molecular weight is 387 g/mol. The maximum absolute atomic E-state index is 11.9. The number of benzene rings is 2. The van der Waals surface area contributed by atoms with Crippen LogP contribution in [-0.4, -0.2) is 18.4 Å². The number of carbonyl (C=O) groups excluding carboxylic acids is 2. The molecular formula is C19H19BrN2O2. The van der Waals surface area contributed by atoms with Gasteiger partial charge in [0, 0.05) is 29.2 Å². The molecule has 2 rings (SSSR count). The molecule has 0 heterocycles. The second kappa shape index (κ2) is 9.03. The number of nitrogens with one attached hydrogen (secondary N) is 2. The van der Waals surface area contributed by atoms with E-state index in [9.17, 15) is 9.59 Å². The fraction of sp³-hybridized carbons (Fsp3) is 0.158. The molecule has 2 amide bonds. The van der Waals surface area contributed by atoms with E-state index >= 15 is 0 Å². The van der Waals surface area contributed by atoms with Gasteiger partial charge in [-0.15, -0.1) is 0 Å². The molecule has 0 radical (unpaired) electrons. The fourth-order valence-corrected chi connectivity index (χ4v) is 2.35. The van der Waals surface area contributed by atoms with E-state index in [0.717, 1.165) is 21.3 Å². The summed E-state index contributed by atoms with van der Waals surface area (Å²) in [6.45, 7) is 2.18. The summed E-state index contributed by atoms with van der Waals surface area (Å²) in [5.74, 6) is -0.339. The highest BCUT2D eigenvalue weighted by molar-refractivity contribution is 9.10. The highest BCUT2D eigenvalue weighted by Crippen LogP contribution is 2.14. The van der Waals surface area contributed by atoms with Crippen molar-refractivity contribution in [1.82, 2.24) is 5.32 Å². The largest absolute Gasteiger partial charge is 0.352 e. The van der Waals surface area contributed by atoms with Crippen molar-refractivity contribution in [2.75, 3.05) is 11.9 Å². The SMILES string of the molecule is C/C(=C\C(=O)NCCC(=O)Nc1ccc(Br)cc1)c1ccccc1. The van der Waals surface area contributed by atoms with Gasteiger partial charge in [0.25, 0.3) is 0 Å². The van der Waals surface area contributed by atoms with E-state index in [1.807, 2.05) is 61.5 Å². The first-order valence-corrected chi connectivity index (χ1v) is 8.41. The number of rotatable bonds is 6. The van der Waals surface area contributed by atoms with Gasteiger partial charge in [-0.1, -0.05) is 46.3 Å². The highest BCUT2D eigenvalue weighted by Gasteiger charge is 2.04. The first-order valence-electron chi connectivity index (χ1n) is 7.61. The predicted octanol–water partition coefficient (Wildman–Crippen LogP) is 4.00. The van der Waals surface area contributed by atoms with Gasteiger partial charge in [-0.3, -0.25) is 9.59 Å². The summed E-state index contributed by atoms with van der Waals surface area (Å²) in [5, 5.41) is 5.51. The van der Waals surface area contributed by atoms with Crippen molar-refractivity contribution in [3.63, 3.8) is 0 Å². The van der Waals surface area contributed by atoms with Crippen molar-refractivity contribution >= 4 is 39.0 Å². The topological polar surface area (TPSA) is 58.2 Å². The van der Waals surface area contributed by atoms with Gasteiger partial charge in [-0.25, -0.2) is 0 Å². The molecule has 0 aliphatic carbocycles. The fourth-order valence-electron chi connectivity index (χ4n) is 2.09. The predicted molar refractivity (Wildman–Crippen MR) is 100 cm³/mol. The lowest BCUT2D eigenvalue weighted by Crippen LogP contribution is -2.26. The lowest BCUT2D eigenvalue weighted by molar-refractivity contribution is -0.117. The lowest BCUT2D eigenvalue weighted by Gasteiger charge is -2.06. The molecule has 2 aromatic rings. The summed E-state index contributed by atoms with van der Waals surface area (Å²) < 4.78 is 0.952. The van der Waals surface area contributed by atoms with E-state index in [1.54, 1.807) is 6.08 Å². The van der Waals surface area contributed by atoms with Gasteiger partial charge in [0.05, 0.1) is 0 Å². The molecule has 0 unspecified atom stereocenters. The molecule has 2 aromatic carbocycles. The second-order valence-corrected chi connectivity index (χ2v) is 6.21. The van der Waals surface area contributed by atoms with Gasteiger partial charge < -0.3 is 10.6 Å². The first-order chi connectivity index (χ1) is 11.5. The zero-order valence-corrected chi connectivity index (χ0v) is 15.0. The molecule has 24 heavy (non-hydrogen) atoms. The lowest BCUT2D eigenvalue weighted by atomic mass is 10.1. The van der Waals surface area contributed by atoms with Crippen molar-refractivity contribution < 1.29 is 9.59 Å².